The molecule has 0 unspecified atom stereocenters. The largest absolute Gasteiger partial charge is 0.261 e. The summed E-state index contributed by atoms with van der Waals surface area (Å²) in [6, 6.07) is 12.2. The summed E-state index contributed by atoms with van der Waals surface area (Å²) in [7, 11) is -3.46. The molecule has 1 heterocycles. The lowest BCUT2D eigenvalue weighted by Gasteiger charge is -2.06. The smallest absolute Gasteiger partial charge is 0.240 e. The predicted octanol–water partition coefficient (Wildman–Crippen LogP) is 2.37. The van der Waals surface area contributed by atoms with Crippen LogP contribution in [0.4, 0.5) is 0 Å². The molecule has 0 amide bonds. The lowest BCUT2D eigenvalue weighted by molar-refractivity contribution is 0.581. The van der Waals surface area contributed by atoms with Crippen molar-refractivity contribution < 1.29 is 8.42 Å². The standard InChI is InChI=1S/C13H13BrN2O2S/c14-11-4-3-6-13(10-11)19(17,18)16-9-7-12-5-1-2-8-15-12/h1-6,8,10,16H,7,9H2. The number of hydrogen-bond donors (Lipinski definition) is 1. The molecule has 2 rings (SSSR count). The van der Waals surface area contributed by atoms with Gasteiger partial charge in [0.05, 0.1) is 4.90 Å². The van der Waals surface area contributed by atoms with Gasteiger partial charge in [-0.2, -0.15) is 0 Å². The van der Waals surface area contributed by atoms with E-state index in [9.17, 15) is 8.42 Å². The number of rotatable bonds is 5. The van der Waals surface area contributed by atoms with E-state index in [0.29, 0.717) is 13.0 Å². The van der Waals surface area contributed by atoms with Crippen LogP contribution in [-0.2, 0) is 16.4 Å². The van der Waals surface area contributed by atoms with Gasteiger partial charge in [-0.3, -0.25) is 4.98 Å². The van der Waals surface area contributed by atoms with Crippen LogP contribution in [0.3, 0.4) is 0 Å². The van der Waals surface area contributed by atoms with Gasteiger partial charge in [0, 0.05) is 29.3 Å². The first-order valence-electron chi connectivity index (χ1n) is 5.73. The second kappa shape index (κ2) is 6.27. The van der Waals surface area contributed by atoms with Gasteiger partial charge in [0.1, 0.15) is 0 Å². The van der Waals surface area contributed by atoms with Gasteiger partial charge in [-0.05, 0) is 30.3 Å². The van der Waals surface area contributed by atoms with Crippen LogP contribution in [0.25, 0.3) is 0 Å². The molecule has 2 aromatic rings. The van der Waals surface area contributed by atoms with Gasteiger partial charge in [0.15, 0.2) is 0 Å². The maximum absolute atomic E-state index is 12.0. The van der Waals surface area contributed by atoms with Gasteiger partial charge < -0.3 is 0 Å². The fourth-order valence-electron chi connectivity index (χ4n) is 1.58. The molecular formula is C13H13BrN2O2S. The highest BCUT2D eigenvalue weighted by molar-refractivity contribution is 9.10. The van der Waals surface area contributed by atoms with E-state index in [2.05, 4.69) is 25.6 Å². The Morgan fingerprint density at radius 3 is 2.68 bits per heavy atom. The Balaban J connectivity index is 1.99. The topological polar surface area (TPSA) is 59.1 Å². The highest BCUT2D eigenvalue weighted by Crippen LogP contribution is 2.15. The molecule has 100 valence electrons. The molecular weight excluding hydrogens is 328 g/mol. The molecule has 19 heavy (non-hydrogen) atoms. The molecule has 1 N–H and O–H groups in total. The summed E-state index contributed by atoms with van der Waals surface area (Å²) in [4.78, 5) is 4.40. The normalized spacial score (nSPS) is 11.4. The van der Waals surface area contributed by atoms with E-state index in [-0.39, 0.29) is 4.90 Å². The molecule has 1 aromatic carbocycles. The van der Waals surface area contributed by atoms with Crippen molar-refractivity contribution in [2.45, 2.75) is 11.3 Å². The van der Waals surface area contributed by atoms with Crippen LogP contribution in [0.15, 0.2) is 58.0 Å². The first kappa shape index (κ1) is 14.2. The highest BCUT2D eigenvalue weighted by atomic mass is 79.9. The fraction of sp³-hybridized carbons (Fsp3) is 0.154. The SMILES string of the molecule is O=S(=O)(NCCc1ccccn1)c1cccc(Br)c1. The monoisotopic (exact) mass is 340 g/mol. The zero-order valence-corrected chi connectivity index (χ0v) is 12.5. The van der Waals surface area contributed by atoms with Crippen LogP contribution in [0.5, 0.6) is 0 Å². The van der Waals surface area contributed by atoms with Gasteiger partial charge in [-0.25, -0.2) is 13.1 Å². The van der Waals surface area contributed by atoms with Crippen LogP contribution in [-0.4, -0.2) is 19.9 Å². The van der Waals surface area contributed by atoms with E-state index < -0.39 is 10.0 Å². The number of nitrogens with zero attached hydrogens (tertiary/aromatic N) is 1. The van der Waals surface area contributed by atoms with Crippen molar-refractivity contribution in [2.75, 3.05) is 6.54 Å². The quantitative estimate of drug-likeness (QED) is 0.908. The Hall–Kier alpha value is -1.24. The van der Waals surface area contributed by atoms with Crippen LogP contribution >= 0.6 is 15.9 Å². The molecule has 0 spiro atoms. The average molecular weight is 341 g/mol. The van der Waals surface area contributed by atoms with Crippen LogP contribution in [0, 0.1) is 0 Å². The Morgan fingerprint density at radius 2 is 2.00 bits per heavy atom. The minimum Gasteiger partial charge on any atom is -0.261 e. The molecule has 0 saturated carbocycles. The van der Waals surface area contributed by atoms with E-state index in [1.165, 1.54) is 0 Å². The minimum absolute atomic E-state index is 0.253. The first-order chi connectivity index (χ1) is 9.08. The maximum atomic E-state index is 12.0. The van der Waals surface area contributed by atoms with Crippen LogP contribution < -0.4 is 4.72 Å². The molecule has 0 fully saturated rings. The van der Waals surface area contributed by atoms with Crippen molar-refractivity contribution in [1.29, 1.82) is 0 Å². The summed E-state index contributed by atoms with van der Waals surface area (Å²) in [5, 5.41) is 0. The number of sulfonamides is 1. The Bertz CT molecular complexity index is 645. The fourth-order valence-corrected chi connectivity index (χ4v) is 3.21. The molecule has 1 aromatic heterocycles. The third kappa shape index (κ3) is 4.12. The molecule has 4 nitrogen and oxygen atoms in total. The molecule has 0 aliphatic heterocycles. The van der Waals surface area contributed by atoms with Gasteiger partial charge in [0.2, 0.25) is 10.0 Å². The maximum Gasteiger partial charge on any atom is 0.240 e. The van der Waals surface area contributed by atoms with Crippen molar-refractivity contribution in [2.24, 2.45) is 0 Å². The minimum atomic E-state index is -3.46. The van der Waals surface area contributed by atoms with E-state index in [1.807, 2.05) is 18.2 Å². The number of aromatic nitrogens is 1. The van der Waals surface area contributed by atoms with E-state index in [4.69, 9.17) is 0 Å². The lowest BCUT2D eigenvalue weighted by Crippen LogP contribution is -2.26. The second-order valence-electron chi connectivity index (χ2n) is 3.93. The molecule has 0 bridgehead atoms. The summed E-state index contributed by atoms with van der Waals surface area (Å²) in [6.07, 6.45) is 2.26. The second-order valence-corrected chi connectivity index (χ2v) is 6.61. The highest BCUT2D eigenvalue weighted by Gasteiger charge is 2.13. The lowest BCUT2D eigenvalue weighted by atomic mass is 10.3. The van der Waals surface area contributed by atoms with Gasteiger partial charge in [-0.1, -0.05) is 28.1 Å². The summed E-state index contributed by atoms with van der Waals surface area (Å²) in [5.74, 6) is 0. The van der Waals surface area contributed by atoms with Gasteiger partial charge >= 0.3 is 0 Å². The van der Waals surface area contributed by atoms with E-state index >= 15 is 0 Å². The number of pyridine rings is 1. The Labute approximate surface area is 121 Å². The molecule has 0 saturated heterocycles. The zero-order chi connectivity index (χ0) is 13.7. The molecule has 0 atom stereocenters. The predicted molar refractivity (Wildman–Crippen MR) is 77.3 cm³/mol. The summed E-state index contributed by atoms with van der Waals surface area (Å²) in [5.41, 5.74) is 0.861. The van der Waals surface area contributed by atoms with Crippen molar-refractivity contribution in [1.82, 2.24) is 9.71 Å². The van der Waals surface area contributed by atoms with Gasteiger partial charge in [0.25, 0.3) is 0 Å². The van der Waals surface area contributed by atoms with Gasteiger partial charge in [-0.15, -0.1) is 0 Å². The Morgan fingerprint density at radius 1 is 1.16 bits per heavy atom. The zero-order valence-electron chi connectivity index (χ0n) is 10.1. The molecule has 6 heteroatoms. The number of nitrogens with one attached hydrogen (secondary N) is 1. The van der Waals surface area contributed by atoms with E-state index in [1.54, 1.807) is 30.5 Å². The summed E-state index contributed by atoms with van der Waals surface area (Å²) < 4.78 is 27.3. The number of benzene rings is 1. The molecule has 0 aliphatic rings. The van der Waals surface area contributed by atoms with Crippen molar-refractivity contribution in [3.8, 4) is 0 Å². The number of hydrogen-bond acceptors (Lipinski definition) is 3. The Kier molecular flexibility index (Phi) is 4.68. The van der Waals surface area contributed by atoms with Crippen molar-refractivity contribution >= 4 is 26.0 Å². The van der Waals surface area contributed by atoms with Crippen molar-refractivity contribution in [3.05, 3.63) is 58.8 Å². The third-order valence-electron chi connectivity index (χ3n) is 2.51. The molecule has 0 aliphatic carbocycles. The molecule has 0 radical (unpaired) electrons. The summed E-state index contributed by atoms with van der Waals surface area (Å²) in [6.45, 7) is 0.325. The van der Waals surface area contributed by atoms with Crippen molar-refractivity contribution in [3.63, 3.8) is 0 Å². The summed E-state index contributed by atoms with van der Waals surface area (Å²) >= 11 is 3.26. The third-order valence-corrected chi connectivity index (χ3v) is 4.46. The number of halogens is 1. The average Bonchev–Trinajstić information content (AvgIpc) is 2.40. The van der Waals surface area contributed by atoms with E-state index in [0.717, 1.165) is 10.2 Å². The first-order valence-corrected chi connectivity index (χ1v) is 8.01. The van der Waals surface area contributed by atoms with Crippen LogP contribution in [0.1, 0.15) is 5.69 Å². The van der Waals surface area contributed by atoms with Crippen LogP contribution in [0.2, 0.25) is 0 Å².